The van der Waals surface area contributed by atoms with Crippen molar-refractivity contribution in [3.8, 4) is 5.75 Å². The fourth-order valence-corrected chi connectivity index (χ4v) is 3.42. The third kappa shape index (κ3) is 2.44. The Hall–Kier alpha value is -1.42. The van der Waals surface area contributed by atoms with Crippen molar-refractivity contribution in [2.24, 2.45) is 0 Å². The lowest BCUT2D eigenvalue weighted by atomic mass is 9.87. The van der Waals surface area contributed by atoms with E-state index in [1.165, 1.54) is 12.1 Å². The molecule has 2 atom stereocenters. The summed E-state index contributed by atoms with van der Waals surface area (Å²) in [4.78, 5) is -0.0670. The first-order valence-electron chi connectivity index (χ1n) is 6.47. The Morgan fingerprint density at radius 1 is 1.10 bits per heavy atom. The number of ether oxygens (including phenoxy) is 1. The van der Waals surface area contributed by atoms with Crippen LogP contribution in [-0.2, 0) is 0 Å². The van der Waals surface area contributed by atoms with E-state index in [4.69, 9.17) is 4.74 Å². The van der Waals surface area contributed by atoms with E-state index >= 15 is 0 Å². The SMILES string of the molecule is Fc1ccc(C(Br)C2CCOc3ccccc32)cc1F. The van der Waals surface area contributed by atoms with Crippen molar-refractivity contribution >= 4 is 15.9 Å². The summed E-state index contributed by atoms with van der Waals surface area (Å²) in [6.07, 6.45) is 0.839. The standard InChI is InChI=1S/C16H13BrF2O/c17-16(10-5-6-13(18)14(19)9-10)12-7-8-20-15-4-2-1-3-11(12)15/h1-6,9,12,16H,7-8H2. The van der Waals surface area contributed by atoms with Gasteiger partial charge in [-0.15, -0.1) is 0 Å². The molecule has 104 valence electrons. The zero-order valence-electron chi connectivity index (χ0n) is 10.7. The molecule has 1 heterocycles. The van der Waals surface area contributed by atoms with Crippen LogP contribution in [0.5, 0.6) is 5.75 Å². The van der Waals surface area contributed by atoms with Gasteiger partial charge in [-0.2, -0.15) is 0 Å². The van der Waals surface area contributed by atoms with Crippen molar-refractivity contribution in [3.05, 3.63) is 65.2 Å². The van der Waals surface area contributed by atoms with Crippen molar-refractivity contribution in [1.29, 1.82) is 0 Å². The minimum absolute atomic E-state index is 0.0670. The van der Waals surface area contributed by atoms with Crippen LogP contribution in [0, 0.1) is 11.6 Å². The molecule has 0 fully saturated rings. The summed E-state index contributed by atoms with van der Waals surface area (Å²) >= 11 is 3.63. The van der Waals surface area contributed by atoms with Crippen LogP contribution in [0.15, 0.2) is 42.5 Å². The third-order valence-corrected chi connectivity index (χ3v) is 4.79. The summed E-state index contributed by atoms with van der Waals surface area (Å²) in [5, 5.41) is 0. The summed E-state index contributed by atoms with van der Waals surface area (Å²) in [5.41, 5.74) is 1.84. The van der Waals surface area contributed by atoms with Gasteiger partial charge in [0, 0.05) is 10.7 Å². The van der Waals surface area contributed by atoms with Crippen molar-refractivity contribution in [1.82, 2.24) is 0 Å². The van der Waals surface area contributed by atoms with E-state index in [-0.39, 0.29) is 10.7 Å². The first-order valence-corrected chi connectivity index (χ1v) is 7.39. The van der Waals surface area contributed by atoms with Crippen LogP contribution in [0.25, 0.3) is 0 Å². The summed E-state index contributed by atoms with van der Waals surface area (Å²) in [5.74, 6) is -0.575. The van der Waals surface area contributed by atoms with Gasteiger partial charge in [-0.1, -0.05) is 40.2 Å². The molecule has 0 saturated carbocycles. The Morgan fingerprint density at radius 3 is 2.70 bits per heavy atom. The smallest absolute Gasteiger partial charge is 0.159 e. The molecule has 2 aromatic carbocycles. The van der Waals surface area contributed by atoms with Crippen LogP contribution < -0.4 is 4.74 Å². The van der Waals surface area contributed by atoms with Crippen molar-refractivity contribution < 1.29 is 13.5 Å². The molecule has 0 amide bonds. The largest absolute Gasteiger partial charge is 0.493 e. The minimum atomic E-state index is -0.819. The van der Waals surface area contributed by atoms with Gasteiger partial charge in [0.15, 0.2) is 11.6 Å². The number of rotatable bonds is 2. The highest BCUT2D eigenvalue weighted by Crippen LogP contribution is 2.45. The normalized spacial score (nSPS) is 19.1. The third-order valence-electron chi connectivity index (χ3n) is 3.62. The summed E-state index contributed by atoms with van der Waals surface area (Å²) in [6.45, 7) is 0.632. The fourth-order valence-electron chi connectivity index (χ4n) is 2.59. The van der Waals surface area contributed by atoms with E-state index in [1.807, 2.05) is 24.3 Å². The number of halogens is 3. The van der Waals surface area contributed by atoms with Crippen molar-refractivity contribution in [3.63, 3.8) is 0 Å². The second-order valence-electron chi connectivity index (χ2n) is 4.86. The van der Waals surface area contributed by atoms with E-state index in [1.54, 1.807) is 6.07 Å². The van der Waals surface area contributed by atoms with Gasteiger partial charge >= 0.3 is 0 Å². The summed E-state index contributed by atoms with van der Waals surface area (Å²) in [7, 11) is 0. The minimum Gasteiger partial charge on any atom is -0.493 e. The molecule has 0 saturated heterocycles. The number of hydrogen-bond donors (Lipinski definition) is 0. The van der Waals surface area contributed by atoms with Gasteiger partial charge in [-0.05, 0) is 35.7 Å². The molecule has 0 aliphatic carbocycles. The van der Waals surface area contributed by atoms with Gasteiger partial charge < -0.3 is 4.74 Å². The maximum atomic E-state index is 13.4. The Morgan fingerprint density at radius 2 is 1.90 bits per heavy atom. The van der Waals surface area contributed by atoms with Crippen LogP contribution in [0.3, 0.4) is 0 Å². The molecule has 1 aliphatic heterocycles. The molecule has 2 unspecified atom stereocenters. The number of alkyl halides is 1. The van der Waals surface area contributed by atoms with Crippen LogP contribution in [0.2, 0.25) is 0 Å². The maximum Gasteiger partial charge on any atom is 0.159 e. The highest BCUT2D eigenvalue weighted by molar-refractivity contribution is 9.09. The highest BCUT2D eigenvalue weighted by atomic mass is 79.9. The van der Waals surface area contributed by atoms with Crippen LogP contribution in [0.1, 0.15) is 28.3 Å². The second kappa shape index (κ2) is 5.52. The van der Waals surface area contributed by atoms with Gasteiger partial charge in [0.1, 0.15) is 5.75 Å². The number of benzene rings is 2. The quantitative estimate of drug-likeness (QED) is 0.702. The predicted octanol–water partition coefficient (Wildman–Crippen LogP) is 4.97. The van der Waals surface area contributed by atoms with E-state index in [0.717, 1.165) is 23.3 Å². The molecule has 0 bridgehead atoms. The molecule has 0 radical (unpaired) electrons. The molecule has 0 spiro atoms. The first kappa shape index (κ1) is 13.6. The molecule has 3 rings (SSSR count). The molecule has 4 heteroatoms. The number of hydrogen-bond acceptors (Lipinski definition) is 1. The van der Waals surface area contributed by atoms with Crippen LogP contribution in [-0.4, -0.2) is 6.61 Å². The van der Waals surface area contributed by atoms with E-state index in [2.05, 4.69) is 15.9 Å². The fraction of sp³-hybridized carbons (Fsp3) is 0.250. The van der Waals surface area contributed by atoms with Crippen LogP contribution in [0.4, 0.5) is 8.78 Å². The monoisotopic (exact) mass is 338 g/mol. The maximum absolute atomic E-state index is 13.4. The first-order chi connectivity index (χ1) is 9.66. The zero-order chi connectivity index (χ0) is 14.1. The van der Waals surface area contributed by atoms with Gasteiger partial charge in [-0.3, -0.25) is 0 Å². The molecule has 1 aliphatic rings. The van der Waals surface area contributed by atoms with E-state index in [0.29, 0.717) is 6.61 Å². The average Bonchev–Trinajstić information content (AvgIpc) is 2.49. The zero-order valence-corrected chi connectivity index (χ0v) is 12.2. The molecule has 0 N–H and O–H groups in total. The molecular weight excluding hydrogens is 326 g/mol. The van der Waals surface area contributed by atoms with Crippen LogP contribution >= 0.6 is 15.9 Å². The van der Waals surface area contributed by atoms with Gasteiger partial charge in [0.25, 0.3) is 0 Å². The molecule has 2 aromatic rings. The Labute approximate surface area is 124 Å². The highest BCUT2D eigenvalue weighted by Gasteiger charge is 2.28. The van der Waals surface area contributed by atoms with Crippen molar-refractivity contribution in [2.75, 3.05) is 6.61 Å². The second-order valence-corrected chi connectivity index (χ2v) is 5.84. The molecule has 20 heavy (non-hydrogen) atoms. The van der Waals surface area contributed by atoms with E-state index in [9.17, 15) is 8.78 Å². The number of para-hydroxylation sites is 1. The van der Waals surface area contributed by atoms with Crippen molar-refractivity contribution in [2.45, 2.75) is 17.2 Å². The lowest BCUT2D eigenvalue weighted by molar-refractivity contribution is 0.266. The average molecular weight is 339 g/mol. The molecular formula is C16H13BrF2O. The van der Waals surface area contributed by atoms with Gasteiger partial charge in [-0.25, -0.2) is 8.78 Å². The Kier molecular flexibility index (Phi) is 3.74. The predicted molar refractivity (Wildman–Crippen MR) is 77.3 cm³/mol. The van der Waals surface area contributed by atoms with E-state index < -0.39 is 11.6 Å². The Balaban J connectivity index is 1.95. The van der Waals surface area contributed by atoms with Gasteiger partial charge in [0.05, 0.1) is 6.61 Å². The molecule has 0 aromatic heterocycles. The molecule has 1 nitrogen and oxygen atoms in total. The topological polar surface area (TPSA) is 9.23 Å². The summed E-state index contributed by atoms with van der Waals surface area (Å²) in [6, 6.07) is 11.9. The summed E-state index contributed by atoms with van der Waals surface area (Å²) < 4.78 is 32.0. The Bertz CT molecular complexity index is 630. The number of fused-ring (bicyclic) bond motifs is 1. The lowest BCUT2D eigenvalue weighted by Crippen LogP contribution is -2.17. The lowest BCUT2D eigenvalue weighted by Gasteiger charge is -2.29. The van der Waals surface area contributed by atoms with Gasteiger partial charge in [0.2, 0.25) is 0 Å².